The van der Waals surface area contributed by atoms with E-state index in [-0.39, 0.29) is 17.5 Å². The molecule has 0 aliphatic carbocycles. The van der Waals surface area contributed by atoms with Crippen LogP contribution in [0.4, 0.5) is 26.3 Å². The molecular weight excluding hydrogens is 428 g/mol. The van der Waals surface area contributed by atoms with Crippen molar-refractivity contribution < 1.29 is 35.8 Å². The molecule has 2 aromatic carbocycles. The Morgan fingerprint density at radius 3 is 2.13 bits per heavy atom. The summed E-state index contributed by atoms with van der Waals surface area (Å²) in [6.07, 6.45) is -7.77. The van der Waals surface area contributed by atoms with Crippen LogP contribution in [0.15, 0.2) is 66.9 Å². The van der Waals surface area contributed by atoms with E-state index in [4.69, 9.17) is 4.74 Å². The Kier molecular flexibility index (Phi) is 4.96. The molecule has 0 amide bonds. The van der Waals surface area contributed by atoms with Crippen LogP contribution in [0.5, 0.6) is 17.5 Å². The van der Waals surface area contributed by atoms with Gasteiger partial charge in [0.2, 0.25) is 0 Å². The van der Waals surface area contributed by atoms with Gasteiger partial charge in [0.05, 0.1) is 5.56 Å². The molecular formula is C20H11F6N3O2. The van der Waals surface area contributed by atoms with Gasteiger partial charge in [0, 0.05) is 6.20 Å². The number of halogens is 6. The minimum atomic E-state index is -4.79. The summed E-state index contributed by atoms with van der Waals surface area (Å²) in [5.41, 5.74) is 0.637. The first-order valence-corrected chi connectivity index (χ1v) is 8.65. The lowest BCUT2D eigenvalue weighted by atomic mass is 10.1. The van der Waals surface area contributed by atoms with Gasteiger partial charge in [-0.3, -0.25) is 4.40 Å². The van der Waals surface area contributed by atoms with Crippen LogP contribution >= 0.6 is 0 Å². The van der Waals surface area contributed by atoms with Crippen molar-refractivity contribution >= 4 is 5.65 Å². The fraction of sp³-hybridized carbons (Fsp3) is 0.100. The van der Waals surface area contributed by atoms with Crippen LogP contribution in [0.1, 0.15) is 5.56 Å². The molecule has 0 atom stereocenters. The molecule has 0 bridgehead atoms. The molecule has 0 spiro atoms. The van der Waals surface area contributed by atoms with E-state index >= 15 is 0 Å². The van der Waals surface area contributed by atoms with Gasteiger partial charge in [-0.2, -0.15) is 13.2 Å². The minimum Gasteiger partial charge on any atom is -0.424 e. The Morgan fingerprint density at radius 1 is 0.742 bits per heavy atom. The van der Waals surface area contributed by atoms with E-state index in [1.54, 1.807) is 18.3 Å². The fourth-order valence-corrected chi connectivity index (χ4v) is 2.80. The van der Waals surface area contributed by atoms with Crippen molar-refractivity contribution in [1.82, 2.24) is 14.6 Å². The minimum absolute atomic E-state index is 0.0757. The lowest BCUT2D eigenvalue weighted by Crippen LogP contribution is -2.16. The number of nitrogens with zero attached hydrogens (tertiary/aromatic N) is 3. The lowest BCUT2D eigenvalue weighted by molar-refractivity contribution is -0.274. The number of aromatic nitrogens is 3. The molecule has 0 N–H and O–H groups in total. The molecule has 0 unspecified atom stereocenters. The van der Waals surface area contributed by atoms with Crippen LogP contribution in [0, 0.1) is 0 Å². The van der Waals surface area contributed by atoms with Gasteiger partial charge in [0.25, 0.3) is 0 Å². The van der Waals surface area contributed by atoms with Crippen LogP contribution < -0.4 is 9.47 Å². The van der Waals surface area contributed by atoms with Crippen molar-refractivity contribution in [3.8, 4) is 28.6 Å². The monoisotopic (exact) mass is 439 g/mol. The van der Waals surface area contributed by atoms with Crippen molar-refractivity contribution in [2.45, 2.75) is 12.5 Å². The van der Waals surface area contributed by atoms with Gasteiger partial charge in [-0.05, 0) is 53.6 Å². The number of fused-ring (bicyclic) bond motifs is 1. The second-order valence-electron chi connectivity index (χ2n) is 6.33. The highest BCUT2D eigenvalue weighted by Gasteiger charge is 2.31. The molecule has 160 valence electrons. The van der Waals surface area contributed by atoms with E-state index in [9.17, 15) is 26.3 Å². The average molecular weight is 439 g/mol. The van der Waals surface area contributed by atoms with Crippen LogP contribution in [-0.2, 0) is 6.18 Å². The maximum absolute atomic E-state index is 12.9. The van der Waals surface area contributed by atoms with E-state index < -0.39 is 18.1 Å². The summed E-state index contributed by atoms with van der Waals surface area (Å²) in [5.74, 6) is -0.446. The van der Waals surface area contributed by atoms with E-state index in [0.717, 1.165) is 12.1 Å². The van der Waals surface area contributed by atoms with Gasteiger partial charge >= 0.3 is 18.5 Å². The molecule has 31 heavy (non-hydrogen) atoms. The zero-order valence-electron chi connectivity index (χ0n) is 15.3. The molecule has 4 aromatic rings. The summed E-state index contributed by atoms with van der Waals surface area (Å²) in [6.45, 7) is 0. The highest BCUT2D eigenvalue weighted by Crippen LogP contribution is 2.33. The molecule has 2 aromatic heterocycles. The molecule has 0 aliphatic heterocycles. The molecule has 2 heterocycles. The highest BCUT2D eigenvalue weighted by atomic mass is 19.4. The Hall–Kier alpha value is -3.76. The van der Waals surface area contributed by atoms with E-state index in [1.165, 1.54) is 40.8 Å². The SMILES string of the molecule is FC(F)(F)Oc1ccc(-c2ccc3nnc(Oc4cccc(C(F)(F)F)c4)n3c2)cc1. The van der Waals surface area contributed by atoms with E-state index in [0.29, 0.717) is 16.8 Å². The van der Waals surface area contributed by atoms with Gasteiger partial charge in [0.15, 0.2) is 5.65 Å². The van der Waals surface area contributed by atoms with Gasteiger partial charge < -0.3 is 9.47 Å². The standard InChI is InChI=1S/C20H11F6N3O2/c21-19(22,23)14-2-1-3-16(10-14)30-18-28-27-17-9-6-13(11-29(17)18)12-4-7-15(8-5-12)31-20(24,25)26/h1-11H. The van der Waals surface area contributed by atoms with E-state index in [2.05, 4.69) is 14.9 Å². The maximum Gasteiger partial charge on any atom is 0.573 e. The van der Waals surface area contributed by atoms with Gasteiger partial charge in [-0.1, -0.05) is 23.3 Å². The van der Waals surface area contributed by atoms with Crippen LogP contribution in [0.2, 0.25) is 0 Å². The third kappa shape index (κ3) is 4.71. The van der Waals surface area contributed by atoms with Gasteiger partial charge in [0.1, 0.15) is 11.5 Å². The van der Waals surface area contributed by atoms with Crippen molar-refractivity contribution in [3.05, 3.63) is 72.4 Å². The maximum atomic E-state index is 12.9. The van der Waals surface area contributed by atoms with Gasteiger partial charge in [-0.15, -0.1) is 18.3 Å². The number of pyridine rings is 1. The Morgan fingerprint density at radius 2 is 1.45 bits per heavy atom. The molecule has 5 nitrogen and oxygen atoms in total. The van der Waals surface area contributed by atoms with Crippen molar-refractivity contribution in [1.29, 1.82) is 0 Å². The first-order valence-electron chi connectivity index (χ1n) is 8.65. The summed E-state index contributed by atoms with van der Waals surface area (Å²) in [6, 6.07) is 12.7. The number of benzene rings is 2. The molecule has 0 radical (unpaired) electrons. The normalized spacial score (nSPS) is 12.2. The zero-order valence-corrected chi connectivity index (χ0v) is 15.3. The number of hydrogen-bond acceptors (Lipinski definition) is 4. The van der Waals surface area contributed by atoms with E-state index in [1.807, 2.05) is 0 Å². The summed E-state index contributed by atoms with van der Waals surface area (Å²) in [7, 11) is 0. The molecule has 4 rings (SSSR count). The Labute approximate surface area is 170 Å². The van der Waals surface area contributed by atoms with Gasteiger partial charge in [-0.25, -0.2) is 0 Å². The summed E-state index contributed by atoms with van der Waals surface area (Å²) < 4.78 is 86.3. The smallest absolute Gasteiger partial charge is 0.424 e. The summed E-state index contributed by atoms with van der Waals surface area (Å²) >= 11 is 0. The number of rotatable bonds is 4. The predicted octanol–water partition coefficient (Wildman–Crippen LogP) is 6.11. The largest absolute Gasteiger partial charge is 0.573 e. The lowest BCUT2D eigenvalue weighted by Gasteiger charge is -2.10. The fourth-order valence-electron chi connectivity index (χ4n) is 2.80. The first kappa shape index (κ1) is 20.5. The molecule has 0 aliphatic rings. The number of alkyl halides is 6. The molecule has 0 saturated heterocycles. The van der Waals surface area contributed by atoms with Crippen molar-refractivity contribution in [3.63, 3.8) is 0 Å². The average Bonchev–Trinajstić information content (AvgIpc) is 3.09. The Balaban J connectivity index is 1.63. The van der Waals surface area contributed by atoms with Crippen LogP contribution in [0.3, 0.4) is 0 Å². The zero-order chi connectivity index (χ0) is 22.2. The number of ether oxygens (including phenoxy) is 2. The van der Waals surface area contributed by atoms with Crippen molar-refractivity contribution in [2.24, 2.45) is 0 Å². The predicted molar refractivity (Wildman–Crippen MR) is 96.6 cm³/mol. The third-order valence-electron chi connectivity index (χ3n) is 4.16. The number of hydrogen-bond donors (Lipinski definition) is 0. The van der Waals surface area contributed by atoms with Crippen molar-refractivity contribution in [2.75, 3.05) is 0 Å². The van der Waals surface area contributed by atoms with Crippen LogP contribution in [-0.4, -0.2) is 21.0 Å². The quantitative estimate of drug-likeness (QED) is 0.360. The third-order valence-corrected chi connectivity index (χ3v) is 4.16. The Bertz CT molecular complexity index is 1220. The van der Waals surface area contributed by atoms with Crippen LogP contribution in [0.25, 0.3) is 16.8 Å². The first-order chi connectivity index (χ1) is 14.6. The second kappa shape index (κ2) is 7.49. The summed E-state index contributed by atoms with van der Waals surface area (Å²) in [4.78, 5) is 0. The molecule has 11 heteroatoms. The highest BCUT2D eigenvalue weighted by molar-refractivity contribution is 5.65. The molecule has 0 saturated carbocycles. The second-order valence-corrected chi connectivity index (χ2v) is 6.33. The summed E-state index contributed by atoms with van der Waals surface area (Å²) in [5, 5.41) is 7.73. The topological polar surface area (TPSA) is 48.7 Å². The molecule has 0 fully saturated rings.